The molecule has 2 N–H and O–H groups in total. The lowest BCUT2D eigenvalue weighted by molar-refractivity contribution is 0.313. The molecule has 0 unspecified atom stereocenters. The predicted molar refractivity (Wildman–Crippen MR) is 103 cm³/mol. The Labute approximate surface area is 155 Å². The van der Waals surface area contributed by atoms with Gasteiger partial charge in [0.2, 0.25) is 10.0 Å². The molecule has 0 radical (unpaired) electrons. The van der Waals surface area contributed by atoms with Crippen LogP contribution < -0.4 is 19.5 Å². The molecular weight excluding hydrogens is 352 g/mol. The molecule has 1 atom stereocenters. The summed E-state index contributed by atoms with van der Waals surface area (Å²) in [6.07, 6.45) is 1.16. The lowest BCUT2D eigenvalue weighted by atomic mass is 10.1. The highest BCUT2D eigenvalue weighted by Crippen LogP contribution is 2.17. The Kier molecular flexibility index (Phi) is 7.44. The molecule has 0 bridgehead atoms. The second-order valence-corrected chi connectivity index (χ2v) is 7.83. The summed E-state index contributed by atoms with van der Waals surface area (Å²) in [7, 11) is -1.58. The van der Waals surface area contributed by atoms with Crippen molar-refractivity contribution >= 4 is 10.0 Å². The predicted octanol–water partition coefficient (Wildman–Crippen LogP) is 2.47. The van der Waals surface area contributed by atoms with Crippen LogP contribution in [0, 0.1) is 0 Å². The average molecular weight is 378 g/mol. The largest absolute Gasteiger partial charge is 0.497 e. The van der Waals surface area contributed by atoms with E-state index in [1.54, 1.807) is 7.11 Å². The van der Waals surface area contributed by atoms with Gasteiger partial charge in [0.15, 0.2) is 0 Å². The van der Waals surface area contributed by atoms with Crippen molar-refractivity contribution in [3.63, 3.8) is 0 Å². The lowest BCUT2D eigenvalue weighted by Crippen LogP contribution is -2.25. The lowest BCUT2D eigenvalue weighted by Gasteiger charge is -2.13. The molecule has 2 aromatic carbocycles. The maximum atomic E-state index is 11.3. The number of rotatable bonds is 10. The van der Waals surface area contributed by atoms with Crippen molar-refractivity contribution in [2.24, 2.45) is 0 Å². The van der Waals surface area contributed by atoms with Gasteiger partial charge in [-0.1, -0.05) is 24.3 Å². The summed E-state index contributed by atoms with van der Waals surface area (Å²) < 4.78 is 35.9. The Balaban J connectivity index is 1.70. The molecular formula is C19H26N2O4S. The minimum absolute atomic E-state index is 0.245. The smallest absolute Gasteiger partial charge is 0.209 e. The zero-order valence-corrected chi connectivity index (χ0v) is 16.2. The van der Waals surface area contributed by atoms with E-state index in [1.165, 1.54) is 0 Å². The fraction of sp³-hybridized carbons (Fsp3) is 0.368. The summed E-state index contributed by atoms with van der Waals surface area (Å²) in [6, 6.07) is 15.1. The molecule has 0 fully saturated rings. The van der Waals surface area contributed by atoms with E-state index in [4.69, 9.17) is 9.47 Å². The van der Waals surface area contributed by atoms with Gasteiger partial charge in [0, 0.05) is 19.1 Å². The summed E-state index contributed by atoms with van der Waals surface area (Å²) >= 11 is 0. The van der Waals surface area contributed by atoms with E-state index in [-0.39, 0.29) is 6.04 Å². The first-order valence-electron chi connectivity index (χ1n) is 8.41. The van der Waals surface area contributed by atoms with E-state index >= 15 is 0 Å². The maximum absolute atomic E-state index is 11.3. The van der Waals surface area contributed by atoms with Gasteiger partial charge < -0.3 is 14.8 Å². The van der Waals surface area contributed by atoms with Crippen LogP contribution in [0.5, 0.6) is 11.5 Å². The summed E-state index contributed by atoms with van der Waals surface area (Å²) in [5.41, 5.74) is 2.06. The highest BCUT2D eigenvalue weighted by atomic mass is 32.2. The van der Waals surface area contributed by atoms with Crippen LogP contribution >= 0.6 is 0 Å². The van der Waals surface area contributed by atoms with Gasteiger partial charge in [-0.3, -0.25) is 0 Å². The maximum Gasteiger partial charge on any atom is 0.209 e. The third kappa shape index (κ3) is 7.03. The number of methoxy groups -OCH3 is 1. The zero-order chi connectivity index (χ0) is 19.0. The van der Waals surface area contributed by atoms with Crippen LogP contribution in [0.15, 0.2) is 48.5 Å². The first kappa shape index (κ1) is 20.2. The van der Waals surface area contributed by atoms with Crippen molar-refractivity contribution in [2.45, 2.75) is 19.5 Å². The molecule has 2 rings (SSSR count). The molecule has 6 nitrogen and oxygen atoms in total. The molecule has 0 aromatic heterocycles. The van der Waals surface area contributed by atoms with Crippen LogP contribution in [0.1, 0.15) is 24.1 Å². The first-order chi connectivity index (χ1) is 12.4. The summed E-state index contributed by atoms with van der Waals surface area (Å²) in [4.78, 5) is 0. The number of ether oxygens (including phenoxy) is 2. The Morgan fingerprint density at radius 1 is 1.00 bits per heavy atom. The van der Waals surface area contributed by atoms with Crippen LogP contribution in [0.2, 0.25) is 0 Å². The third-order valence-electron chi connectivity index (χ3n) is 3.81. The van der Waals surface area contributed by atoms with E-state index < -0.39 is 10.0 Å². The van der Waals surface area contributed by atoms with E-state index in [9.17, 15) is 8.42 Å². The van der Waals surface area contributed by atoms with E-state index in [0.29, 0.717) is 6.61 Å². The van der Waals surface area contributed by atoms with E-state index in [2.05, 4.69) is 10.0 Å². The van der Waals surface area contributed by atoms with Crippen LogP contribution in [0.4, 0.5) is 0 Å². The Hall–Kier alpha value is -2.09. The number of nitrogens with one attached hydrogen (secondary N) is 2. The minimum atomic E-state index is -3.21. The topological polar surface area (TPSA) is 76.7 Å². The molecule has 0 spiro atoms. The van der Waals surface area contributed by atoms with Crippen molar-refractivity contribution in [3.05, 3.63) is 59.7 Å². The van der Waals surface area contributed by atoms with Crippen molar-refractivity contribution in [2.75, 3.05) is 26.5 Å². The van der Waals surface area contributed by atoms with Crippen molar-refractivity contribution in [1.29, 1.82) is 0 Å². The quantitative estimate of drug-likeness (QED) is 0.621. The first-order valence-corrected chi connectivity index (χ1v) is 10.3. The van der Waals surface area contributed by atoms with Gasteiger partial charge in [-0.2, -0.15) is 0 Å². The highest BCUT2D eigenvalue weighted by Gasteiger charge is 2.10. The fourth-order valence-corrected chi connectivity index (χ4v) is 3.24. The molecule has 0 amide bonds. The number of benzene rings is 2. The number of sulfonamides is 1. The van der Waals surface area contributed by atoms with Gasteiger partial charge >= 0.3 is 0 Å². The second-order valence-electron chi connectivity index (χ2n) is 6.05. The molecule has 0 aliphatic rings. The van der Waals surface area contributed by atoms with Gasteiger partial charge in [0.1, 0.15) is 18.1 Å². The summed E-state index contributed by atoms with van der Waals surface area (Å²) in [6.45, 7) is 3.84. The average Bonchev–Trinajstić information content (AvgIpc) is 2.61. The van der Waals surface area contributed by atoms with Gasteiger partial charge in [-0.15, -0.1) is 0 Å². The van der Waals surface area contributed by atoms with Gasteiger partial charge in [-0.05, 0) is 42.3 Å². The molecule has 26 heavy (non-hydrogen) atoms. The Morgan fingerprint density at radius 3 is 2.19 bits per heavy atom. The standard InChI is InChI=1S/C19H26N2O4S/c1-15(21-26(3,22)23)17-6-4-16(5-7-17)14-20-12-13-25-19-10-8-18(24-2)9-11-19/h4-11,15,20-21H,12-14H2,1-3H3/t15-/m1/s1. The molecule has 142 valence electrons. The van der Waals surface area contributed by atoms with Crippen LogP contribution in [0.3, 0.4) is 0 Å². The van der Waals surface area contributed by atoms with Crippen LogP contribution in [-0.4, -0.2) is 34.9 Å². The zero-order valence-electron chi connectivity index (χ0n) is 15.4. The summed E-state index contributed by atoms with van der Waals surface area (Å²) in [5, 5.41) is 3.32. The molecule has 0 aliphatic carbocycles. The van der Waals surface area contributed by atoms with Gasteiger partial charge in [0.25, 0.3) is 0 Å². The monoisotopic (exact) mass is 378 g/mol. The third-order valence-corrected chi connectivity index (χ3v) is 4.59. The highest BCUT2D eigenvalue weighted by molar-refractivity contribution is 7.88. The molecule has 0 saturated heterocycles. The van der Waals surface area contributed by atoms with Crippen molar-refractivity contribution in [3.8, 4) is 11.5 Å². The Bertz CT molecular complexity index is 774. The van der Waals surface area contributed by atoms with Gasteiger partial charge in [0.05, 0.1) is 13.4 Å². The Morgan fingerprint density at radius 2 is 1.62 bits per heavy atom. The minimum Gasteiger partial charge on any atom is -0.497 e. The molecule has 0 saturated carbocycles. The van der Waals surface area contributed by atoms with Crippen LogP contribution in [0.25, 0.3) is 0 Å². The normalized spacial score (nSPS) is 12.6. The number of hydrogen-bond acceptors (Lipinski definition) is 5. The van der Waals surface area contributed by atoms with E-state index in [0.717, 1.165) is 42.0 Å². The summed E-state index contributed by atoms with van der Waals surface area (Å²) in [5.74, 6) is 1.62. The number of hydrogen-bond donors (Lipinski definition) is 2. The molecule has 2 aromatic rings. The molecule has 7 heteroatoms. The van der Waals surface area contributed by atoms with E-state index in [1.807, 2.05) is 55.5 Å². The van der Waals surface area contributed by atoms with Gasteiger partial charge in [-0.25, -0.2) is 13.1 Å². The molecule has 0 aliphatic heterocycles. The van der Waals surface area contributed by atoms with Crippen molar-refractivity contribution < 1.29 is 17.9 Å². The SMILES string of the molecule is COc1ccc(OCCNCc2ccc([C@@H](C)NS(C)(=O)=O)cc2)cc1. The second kappa shape index (κ2) is 9.56. The fourth-order valence-electron chi connectivity index (χ4n) is 2.46. The van der Waals surface area contributed by atoms with Crippen LogP contribution in [-0.2, 0) is 16.6 Å². The molecule has 0 heterocycles. The van der Waals surface area contributed by atoms with Crippen molar-refractivity contribution in [1.82, 2.24) is 10.0 Å².